The summed E-state index contributed by atoms with van der Waals surface area (Å²) in [4.78, 5) is 14.8. The number of carbonyl (C=O) groups is 1. The molecule has 1 amide bonds. The SMILES string of the molecule is CC(C)N(C(=O)O[C@@H](B1O[C@@H]2C[C@@H]3C[C@@H](C3(C)C)[C@]2(C)O1)[Si](C)(C)C)C(C)C. The van der Waals surface area contributed by atoms with Crippen molar-refractivity contribution in [3.63, 3.8) is 0 Å². The van der Waals surface area contributed by atoms with Crippen LogP contribution >= 0.6 is 0 Å². The summed E-state index contributed by atoms with van der Waals surface area (Å²) in [6.45, 7) is 21.7. The lowest BCUT2D eigenvalue weighted by Gasteiger charge is -2.64. The van der Waals surface area contributed by atoms with Crippen molar-refractivity contribution in [2.45, 2.75) is 110 Å². The van der Waals surface area contributed by atoms with Crippen molar-refractivity contribution in [2.75, 3.05) is 0 Å². The van der Waals surface area contributed by atoms with Gasteiger partial charge in [-0.15, -0.1) is 0 Å². The zero-order chi connectivity index (χ0) is 21.2. The number of hydrogen-bond acceptors (Lipinski definition) is 4. The number of carbonyl (C=O) groups excluding carboxylic acids is 1. The summed E-state index contributed by atoms with van der Waals surface area (Å²) < 4.78 is 19.2. The second-order valence-corrected chi connectivity index (χ2v) is 16.9. The Morgan fingerprint density at radius 2 is 1.68 bits per heavy atom. The first-order chi connectivity index (χ1) is 12.7. The van der Waals surface area contributed by atoms with E-state index >= 15 is 0 Å². The highest BCUT2D eigenvalue weighted by Crippen LogP contribution is 2.65. The van der Waals surface area contributed by atoms with Crippen LogP contribution in [0.1, 0.15) is 61.3 Å². The molecule has 5 nitrogen and oxygen atoms in total. The van der Waals surface area contributed by atoms with Gasteiger partial charge < -0.3 is 18.9 Å². The maximum Gasteiger partial charge on any atom is 0.497 e. The lowest BCUT2D eigenvalue weighted by atomic mass is 9.43. The Balaban J connectivity index is 1.80. The maximum absolute atomic E-state index is 13.0. The van der Waals surface area contributed by atoms with Gasteiger partial charge in [0, 0.05) is 12.1 Å². The number of rotatable bonds is 5. The van der Waals surface area contributed by atoms with Crippen LogP contribution in [0.2, 0.25) is 19.6 Å². The molecule has 1 saturated heterocycles. The average Bonchev–Trinajstić information content (AvgIpc) is 2.86. The van der Waals surface area contributed by atoms with Gasteiger partial charge in [-0.3, -0.25) is 0 Å². The normalized spacial score (nSPS) is 34.9. The molecule has 1 aliphatic heterocycles. The van der Waals surface area contributed by atoms with Crippen LogP contribution in [0, 0.1) is 17.3 Å². The molecule has 0 radical (unpaired) electrons. The van der Waals surface area contributed by atoms with Gasteiger partial charge in [-0.25, -0.2) is 4.79 Å². The van der Waals surface area contributed by atoms with E-state index in [2.05, 4.69) is 40.4 Å². The summed E-state index contributed by atoms with van der Waals surface area (Å²) in [7, 11) is -2.35. The van der Waals surface area contributed by atoms with Crippen LogP contribution in [0.15, 0.2) is 0 Å². The van der Waals surface area contributed by atoms with Crippen molar-refractivity contribution in [1.29, 1.82) is 0 Å². The lowest BCUT2D eigenvalue weighted by Crippen LogP contribution is -2.65. The summed E-state index contributed by atoms with van der Waals surface area (Å²) in [6.07, 6.45) is 2.13. The minimum Gasteiger partial charge on any atom is -0.452 e. The molecule has 0 N–H and O–H groups in total. The molecule has 0 aromatic rings. The summed E-state index contributed by atoms with van der Waals surface area (Å²) >= 11 is 0. The van der Waals surface area contributed by atoms with Crippen molar-refractivity contribution in [2.24, 2.45) is 17.3 Å². The lowest BCUT2D eigenvalue weighted by molar-refractivity contribution is -0.199. The molecule has 0 aromatic carbocycles. The molecule has 5 atom stereocenters. The van der Waals surface area contributed by atoms with Crippen molar-refractivity contribution >= 4 is 21.3 Å². The number of nitrogens with zero attached hydrogens (tertiary/aromatic N) is 1. The van der Waals surface area contributed by atoms with Crippen LogP contribution < -0.4 is 0 Å². The Hall–Kier alpha value is -0.528. The van der Waals surface area contributed by atoms with Crippen LogP contribution in [0.3, 0.4) is 0 Å². The molecule has 4 aliphatic rings. The topological polar surface area (TPSA) is 48.0 Å². The molecule has 28 heavy (non-hydrogen) atoms. The molecule has 160 valence electrons. The zero-order valence-corrected chi connectivity index (χ0v) is 20.5. The fourth-order valence-corrected chi connectivity index (χ4v) is 7.27. The minimum absolute atomic E-state index is 0.0910. The fourth-order valence-electron chi connectivity index (χ4n) is 5.86. The Morgan fingerprint density at radius 3 is 2.14 bits per heavy atom. The molecule has 0 aromatic heterocycles. The van der Waals surface area contributed by atoms with E-state index in [-0.39, 0.29) is 35.5 Å². The second-order valence-electron chi connectivity index (χ2n) is 11.6. The first-order valence-electron chi connectivity index (χ1n) is 11.0. The monoisotopic (exact) mass is 409 g/mol. The van der Waals surface area contributed by atoms with Crippen LogP contribution in [0.5, 0.6) is 0 Å². The minimum atomic E-state index is -1.89. The van der Waals surface area contributed by atoms with Crippen LogP contribution in [0.25, 0.3) is 0 Å². The molecular formula is C21H40BNO4Si. The van der Waals surface area contributed by atoms with E-state index in [9.17, 15) is 4.79 Å². The summed E-state index contributed by atoms with van der Waals surface area (Å²) in [5.41, 5.74) is -0.285. The standard InChI is InChI=1S/C21H40BNO4Si/c1-13(2)23(14(3)4)19(24)25-18(28(8,9)10)22-26-17-12-15-11-16(20(15,5)6)21(17,7)27-22/h13-18H,11-12H2,1-10H3/t15-,16-,17+,18+,21-/m0/s1. The van der Waals surface area contributed by atoms with Crippen LogP contribution in [-0.2, 0) is 14.0 Å². The zero-order valence-electron chi connectivity index (χ0n) is 19.5. The van der Waals surface area contributed by atoms with Gasteiger partial charge in [0.25, 0.3) is 0 Å². The van der Waals surface area contributed by atoms with Crippen molar-refractivity contribution < 1.29 is 18.8 Å². The number of hydrogen-bond donors (Lipinski definition) is 0. The molecule has 4 rings (SSSR count). The molecule has 1 heterocycles. The van der Waals surface area contributed by atoms with E-state index in [0.29, 0.717) is 17.3 Å². The Kier molecular flexibility index (Phi) is 5.55. The highest BCUT2D eigenvalue weighted by atomic mass is 28.3. The van der Waals surface area contributed by atoms with Gasteiger partial charge in [-0.2, -0.15) is 0 Å². The summed E-state index contributed by atoms with van der Waals surface area (Å²) in [6, 6.07) is 0.182. The largest absolute Gasteiger partial charge is 0.497 e. The number of ether oxygens (including phenoxy) is 1. The maximum atomic E-state index is 13.0. The van der Waals surface area contributed by atoms with E-state index in [1.807, 2.05) is 27.7 Å². The quantitative estimate of drug-likeness (QED) is 0.615. The third kappa shape index (κ3) is 3.45. The second kappa shape index (κ2) is 7.02. The Morgan fingerprint density at radius 1 is 1.11 bits per heavy atom. The Labute approximate surface area is 173 Å². The van der Waals surface area contributed by atoms with Gasteiger partial charge >= 0.3 is 13.2 Å². The molecule has 2 bridgehead atoms. The highest BCUT2D eigenvalue weighted by Gasteiger charge is 2.69. The molecule has 0 unspecified atom stereocenters. The van der Waals surface area contributed by atoms with Crippen LogP contribution in [-0.4, -0.2) is 55.6 Å². The van der Waals surface area contributed by atoms with Gasteiger partial charge in [-0.1, -0.05) is 33.5 Å². The third-order valence-corrected chi connectivity index (χ3v) is 9.72. The molecule has 0 spiro atoms. The third-order valence-electron chi connectivity index (χ3n) is 7.62. The van der Waals surface area contributed by atoms with E-state index in [1.165, 1.54) is 6.42 Å². The van der Waals surface area contributed by atoms with Gasteiger partial charge in [-0.05, 0) is 64.7 Å². The molecule has 3 aliphatic carbocycles. The predicted molar refractivity (Wildman–Crippen MR) is 116 cm³/mol. The van der Waals surface area contributed by atoms with Gasteiger partial charge in [0.2, 0.25) is 0 Å². The Bertz CT molecular complexity index is 612. The molecule has 7 heteroatoms. The molecule has 3 saturated carbocycles. The first-order valence-corrected chi connectivity index (χ1v) is 14.6. The van der Waals surface area contributed by atoms with Crippen molar-refractivity contribution in [3.8, 4) is 0 Å². The smallest absolute Gasteiger partial charge is 0.452 e. The van der Waals surface area contributed by atoms with Crippen molar-refractivity contribution in [3.05, 3.63) is 0 Å². The van der Waals surface area contributed by atoms with Crippen LogP contribution in [0.4, 0.5) is 4.79 Å². The predicted octanol–water partition coefficient (Wildman–Crippen LogP) is 4.76. The molecule has 4 fully saturated rings. The summed E-state index contributed by atoms with van der Waals surface area (Å²) in [5, 5.41) is 0. The fraction of sp³-hybridized carbons (Fsp3) is 0.952. The number of amides is 1. The summed E-state index contributed by atoms with van der Waals surface area (Å²) in [5.74, 6) is 1.22. The van der Waals surface area contributed by atoms with E-state index < -0.39 is 15.2 Å². The van der Waals surface area contributed by atoms with Gasteiger partial charge in [0.1, 0.15) is 5.63 Å². The van der Waals surface area contributed by atoms with Gasteiger partial charge in [0.05, 0.1) is 19.8 Å². The van der Waals surface area contributed by atoms with E-state index in [1.54, 1.807) is 4.90 Å². The van der Waals surface area contributed by atoms with Gasteiger partial charge in [0.15, 0.2) is 0 Å². The van der Waals surface area contributed by atoms with Crippen molar-refractivity contribution in [1.82, 2.24) is 4.90 Å². The average molecular weight is 409 g/mol. The molecular weight excluding hydrogens is 369 g/mol. The first kappa shape index (κ1) is 22.2. The van der Waals surface area contributed by atoms with E-state index in [0.717, 1.165) is 6.42 Å². The van der Waals surface area contributed by atoms with E-state index in [4.69, 9.17) is 14.0 Å². The highest BCUT2D eigenvalue weighted by molar-refractivity contribution is 6.86.